The number of carbonyl (C=O) groups excluding carboxylic acids is 1. The molecule has 2 aromatic carbocycles. The van der Waals surface area contributed by atoms with E-state index in [-0.39, 0.29) is 29.8 Å². The second-order valence-corrected chi connectivity index (χ2v) is 10.3. The van der Waals surface area contributed by atoms with E-state index in [1.807, 2.05) is 36.4 Å². The topological polar surface area (TPSA) is 29.5 Å². The molecule has 33 heavy (non-hydrogen) atoms. The molecule has 2 aromatic rings. The largest absolute Gasteiger partial charge is 0.379 e. The molecule has 2 fully saturated rings. The van der Waals surface area contributed by atoms with Crippen molar-refractivity contribution in [1.29, 1.82) is 0 Å². The lowest BCUT2D eigenvalue weighted by atomic mass is 9.74. The van der Waals surface area contributed by atoms with Crippen LogP contribution in [0.1, 0.15) is 62.1 Å². The number of ether oxygens (including phenoxy) is 1. The molecule has 2 aliphatic rings. The number of nitrogens with zero attached hydrogens (tertiary/aromatic N) is 1. The van der Waals surface area contributed by atoms with E-state index in [4.69, 9.17) is 27.9 Å². The predicted molar refractivity (Wildman–Crippen MR) is 136 cm³/mol. The summed E-state index contributed by atoms with van der Waals surface area (Å²) in [7, 11) is 0. The Morgan fingerprint density at radius 1 is 1.12 bits per heavy atom. The Bertz CT molecular complexity index is 957. The van der Waals surface area contributed by atoms with Crippen molar-refractivity contribution in [2.24, 2.45) is 11.8 Å². The zero-order chi connectivity index (χ0) is 23.4. The molecule has 1 saturated heterocycles. The van der Waals surface area contributed by atoms with Gasteiger partial charge in [-0.15, -0.1) is 6.58 Å². The molecular weight excluding hydrogens is 453 g/mol. The predicted octanol–water partition coefficient (Wildman–Crippen LogP) is 7.45. The highest BCUT2D eigenvalue weighted by atomic mass is 35.5. The van der Waals surface area contributed by atoms with Gasteiger partial charge in [0.2, 0.25) is 5.91 Å². The molecule has 1 unspecified atom stereocenters. The molecule has 176 valence electrons. The lowest BCUT2D eigenvalue weighted by molar-refractivity contribution is -0.148. The lowest BCUT2D eigenvalue weighted by Crippen LogP contribution is -2.52. The molecule has 0 aromatic heterocycles. The number of hydrogen-bond donors (Lipinski definition) is 0. The van der Waals surface area contributed by atoms with Crippen molar-refractivity contribution in [3.05, 3.63) is 82.4 Å². The van der Waals surface area contributed by atoms with Gasteiger partial charge in [0, 0.05) is 28.5 Å². The number of hydrogen-bond acceptors (Lipinski definition) is 2. The Kier molecular flexibility index (Phi) is 8.16. The fraction of sp³-hybridized carbons (Fsp3) is 0.464. The van der Waals surface area contributed by atoms with Gasteiger partial charge in [0.1, 0.15) is 0 Å². The monoisotopic (exact) mass is 485 g/mol. The minimum Gasteiger partial charge on any atom is -0.379 e. The van der Waals surface area contributed by atoms with Crippen LogP contribution in [0.3, 0.4) is 0 Å². The van der Waals surface area contributed by atoms with Gasteiger partial charge >= 0.3 is 0 Å². The number of allylic oxidation sites excluding steroid dienone is 1. The van der Waals surface area contributed by atoms with E-state index in [1.165, 1.54) is 12.8 Å². The molecule has 1 aliphatic heterocycles. The maximum atomic E-state index is 13.9. The third kappa shape index (κ3) is 5.82. The maximum Gasteiger partial charge on any atom is 0.226 e. The van der Waals surface area contributed by atoms with Crippen molar-refractivity contribution in [2.75, 3.05) is 13.2 Å². The fourth-order valence-electron chi connectivity index (χ4n) is 5.04. The average molecular weight is 486 g/mol. The van der Waals surface area contributed by atoms with E-state index in [1.54, 1.807) is 0 Å². The van der Waals surface area contributed by atoms with Crippen LogP contribution in [0.25, 0.3) is 0 Å². The highest BCUT2D eigenvalue weighted by Crippen LogP contribution is 2.47. The number of piperidine rings is 1. The van der Waals surface area contributed by atoms with Gasteiger partial charge in [-0.05, 0) is 73.4 Å². The summed E-state index contributed by atoms with van der Waals surface area (Å²) in [6, 6.07) is 15.9. The van der Waals surface area contributed by atoms with Crippen LogP contribution in [-0.4, -0.2) is 30.1 Å². The summed E-state index contributed by atoms with van der Waals surface area (Å²) >= 11 is 12.6. The summed E-state index contributed by atoms with van der Waals surface area (Å²) in [5.41, 5.74) is 2.25. The zero-order valence-electron chi connectivity index (χ0n) is 19.3. The molecule has 0 N–H and O–H groups in total. The molecule has 4 atom stereocenters. The van der Waals surface area contributed by atoms with Gasteiger partial charge in [0.15, 0.2) is 0 Å². The molecule has 1 heterocycles. The van der Waals surface area contributed by atoms with Gasteiger partial charge in [0.25, 0.3) is 0 Å². The van der Waals surface area contributed by atoms with Gasteiger partial charge < -0.3 is 9.64 Å². The van der Waals surface area contributed by atoms with Crippen LogP contribution in [0.4, 0.5) is 0 Å². The first-order chi connectivity index (χ1) is 16.0. The molecule has 5 heteroatoms. The Hall–Kier alpha value is -1.81. The Labute approximate surface area is 207 Å². The Morgan fingerprint density at radius 2 is 1.88 bits per heavy atom. The first kappa shape index (κ1) is 24.3. The number of amides is 1. The van der Waals surface area contributed by atoms with E-state index in [9.17, 15) is 4.79 Å². The maximum absolute atomic E-state index is 13.9. The van der Waals surface area contributed by atoms with Gasteiger partial charge in [-0.25, -0.2) is 0 Å². The van der Waals surface area contributed by atoms with Crippen molar-refractivity contribution in [2.45, 2.75) is 57.0 Å². The first-order valence-electron chi connectivity index (χ1n) is 12.0. The van der Waals surface area contributed by atoms with Crippen LogP contribution in [0.15, 0.2) is 61.2 Å². The van der Waals surface area contributed by atoms with Crippen LogP contribution >= 0.6 is 23.2 Å². The fourth-order valence-corrected chi connectivity index (χ4v) is 5.37. The van der Waals surface area contributed by atoms with E-state index >= 15 is 0 Å². The van der Waals surface area contributed by atoms with Gasteiger partial charge in [0.05, 0.1) is 18.7 Å². The SMILES string of the molecule is C=CC[C@H]1CC(c2cccc(Cl)c2)[C@@H](c2ccc(Cl)cc2)N([C@@H](CC)COCC2CC2)C1=O. The summed E-state index contributed by atoms with van der Waals surface area (Å²) in [6.07, 6.45) is 6.64. The third-order valence-electron chi connectivity index (χ3n) is 6.99. The first-order valence-corrected chi connectivity index (χ1v) is 12.8. The van der Waals surface area contributed by atoms with Crippen LogP contribution in [-0.2, 0) is 9.53 Å². The Morgan fingerprint density at radius 3 is 2.52 bits per heavy atom. The van der Waals surface area contributed by atoms with E-state index in [2.05, 4.69) is 36.6 Å². The minimum absolute atomic E-state index is 0.00577. The quantitative estimate of drug-likeness (QED) is 0.327. The van der Waals surface area contributed by atoms with Crippen molar-refractivity contribution < 1.29 is 9.53 Å². The molecule has 4 rings (SSSR count). The lowest BCUT2D eigenvalue weighted by Gasteiger charge is -2.48. The third-order valence-corrected chi connectivity index (χ3v) is 7.47. The highest BCUT2D eigenvalue weighted by Gasteiger charge is 2.45. The molecule has 1 aliphatic carbocycles. The van der Waals surface area contributed by atoms with Crippen LogP contribution in [0.2, 0.25) is 10.0 Å². The van der Waals surface area contributed by atoms with Crippen molar-refractivity contribution in [3.8, 4) is 0 Å². The molecule has 0 spiro atoms. The van der Waals surface area contributed by atoms with Crippen molar-refractivity contribution in [3.63, 3.8) is 0 Å². The number of rotatable bonds is 10. The minimum atomic E-state index is -0.108. The number of carbonyl (C=O) groups is 1. The smallest absolute Gasteiger partial charge is 0.226 e. The normalized spacial score (nSPS) is 24.0. The summed E-state index contributed by atoms with van der Waals surface area (Å²) in [5.74, 6) is 0.895. The van der Waals surface area contributed by atoms with Crippen molar-refractivity contribution >= 4 is 29.1 Å². The summed E-state index contributed by atoms with van der Waals surface area (Å²) < 4.78 is 6.11. The van der Waals surface area contributed by atoms with E-state index in [0.29, 0.717) is 29.0 Å². The second-order valence-electron chi connectivity index (χ2n) is 9.40. The molecular formula is C28H33Cl2NO2. The summed E-state index contributed by atoms with van der Waals surface area (Å²) in [6.45, 7) is 7.42. The van der Waals surface area contributed by atoms with Crippen LogP contribution in [0.5, 0.6) is 0 Å². The van der Waals surface area contributed by atoms with E-state index < -0.39 is 0 Å². The van der Waals surface area contributed by atoms with Crippen LogP contribution in [0, 0.1) is 11.8 Å². The number of halogens is 2. The number of benzene rings is 2. The molecule has 0 radical (unpaired) electrons. The van der Waals surface area contributed by atoms with Gasteiger partial charge in [-0.2, -0.15) is 0 Å². The highest BCUT2D eigenvalue weighted by molar-refractivity contribution is 6.30. The summed E-state index contributed by atoms with van der Waals surface area (Å²) in [5, 5.41) is 1.40. The zero-order valence-corrected chi connectivity index (χ0v) is 20.8. The number of likely N-dealkylation sites (tertiary alicyclic amines) is 1. The standard InChI is InChI=1S/C28H33Cl2NO2/c1-3-6-22-16-26(21-7-5-8-24(30)15-21)27(20-11-13-23(29)14-12-20)31(28(22)32)25(4-2)18-33-17-19-9-10-19/h3,5,7-8,11-15,19,22,25-27H,1,4,6,9-10,16-18H2,2H3/t22-,25-,26?,27+/m0/s1. The molecule has 1 amide bonds. The van der Waals surface area contributed by atoms with E-state index in [0.717, 1.165) is 30.6 Å². The van der Waals surface area contributed by atoms with Crippen molar-refractivity contribution in [1.82, 2.24) is 4.90 Å². The second kappa shape index (κ2) is 11.1. The van der Waals surface area contributed by atoms with Gasteiger partial charge in [-0.1, -0.05) is 60.5 Å². The molecule has 3 nitrogen and oxygen atoms in total. The Balaban J connectivity index is 1.75. The average Bonchev–Trinajstić information content (AvgIpc) is 3.63. The summed E-state index contributed by atoms with van der Waals surface area (Å²) in [4.78, 5) is 16.0. The molecule has 0 bridgehead atoms. The van der Waals surface area contributed by atoms with Gasteiger partial charge in [-0.3, -0.25) is 4.79 Å². The molecule has 1 saturated carbocycles. The van der Waals surface area contributed by atoms with Crippen LogP contribution < -0.4 is 0 Å².